The van der Waals surface area contributed by atoms with Crippen molar-refractivity contribution in [1.29, 1.82) is 0 Å². The summed E-state index contributed by atoms with van der Waals surface area (Å²) in [6.07, 6.45) is 1.84. The number of rotatable bonds is 4. The molecule has 1 fully saturated rings. The molecule has 1 N–H and O–H groups in total. The van der Waals surface area contributed by atoms with Gasteiger partial charge in [0.2, 0.25) is 5.91 Å². The van der Waals surface area contributed by atoms with Gasteiger partial charge in [-0.1, -0.05) is 0 Å². The Morgan fingerprint density at radius 3 is 3.00 bits per heavy atom. The minimum Gasteiger partial charge on any atom is -0.338 e. The van der Waals surface area contributed by atoms with E-state index in [1.54, 1.807) is 4.90 Å². The van der Waals surface area contributed by atoms with E-state index in [0.717, 1.165) is 37.6 Å². The molecule has 1 heterocycles. The Balaban J connectivity index is 2.06. The van der Waals surface area contributed by atoms with Gasteiger partial charge in [-0.05, 0) is 38.1 Å². The number of likely N-dealkylation sites (tertiary alicyclic amines) is 1. The molecule has 5 heteroatoms. The minimum atomic E-state index is -0.529. The van der Waals surface area contributed by atoms with E-state index in [1.165, 1.54) is 0 Å². The number of hydrogen-bond donors (Lipinski definition) is 1. The van der Waals surface area contributed by atoms with E-state index < -0.39 is 11.6 Å². The average molecular weight is 268 g/mol. The molecule has 104 valence electrons. The molecule has 19 heavy (non-hydrogen) atoms. The summed E-state index contributed by atoms with van der Waals surface area (Å²) in [6, 6.07) is 3.38. The molecule has 2 rings (SSSR count). The van der Waals surface area contributed by atoms with Gasteiger partial charge in [-0.2, -0.15) is 0 Å². The molecule has 3 nitrogen and oxygen atoms in total. The van der Waals surface area contributed by atoms with Crippen LogP contribution in [0.4, 0.5) is 8.78 Å². The summed E-state index contributed by atoms with van der Waals surface area (Å²) in [7, 11) is 1.84. The summed E-state index contributed by atoms with van der Waals surface area (Å²) in [6.45, 7) is 1.43. The second-order valence-electron chi connectivity index (χ2n) is 4.85. The van der Waals surface area contributed by atoms with Crippen LogP contribution in [0, 0.1) is 11.6 Å². The van der Waals surface area contributed by atoms with Crippen molar-refractivity contribution in [2.75, 3.05) is 20.1 Å². The Labute approximate surface area is 111 Å². The van der Waals surface area contributed by atoms with E-state index in [-0.39, 0.29) is 23.9 Å². The first-order valence-electron chi connectivity index (χ1n) is 6.50. The van der Waals surface area contributed by atoms with Crippen molar-refractivity contribution in [3.8, 4) is 0 Å². The van der Waals surface area contributed by atoms with Gasteiger partial charge in [-0.25, -0.2) is 8.78 Å². The quantitative estimate of drug-likeness (QED) is 0.901. The van der Waals surface area contributed by atoms with Crippen LogP contribution in [0.1, 0.15) is 18.4 Å². The maximum absolute atomic E-state index is 13.5. The number of benzene rings is 1. The number of hydrogen-bond acceptors (Lipinski definition) is 2. The van der Waals surface area contributed by atoms with Crippen LogP contribution in [-0.2, 0) is 11.2 Å². The molecular weight excluding hydrogens is 250 g/mol. The first kappa shape index (κ1) is 13.9. The van der Waals surface area contributed by atoms with Gasteiger partial charge < -0.3 is 10.2 Å². The topological polar surface area (TPSA) is 32.3 Å². The average Bonchev–Trinajstić information content (AvgIpc) is 2.82. The molecule has 0 saturated carbocycles. The van der Waals surface area contributed by atoms with Crippen LogP contribution in [0.2, 0.25) is 0 Å². The van der Waals surface area contributed by atoms with Crippen molar-refractivity contribution in [2.45, 2.75) is 25.3 Å². The Bertz CT molecular complexity index is 465. The number of amides is 1. The lowest BCUT2D eigenvalue weighted by molar-refractivity contribution is -0.131. The van der Waals surface area contributed by atoms with E-state index >= 15 is 0 Å². The van der Waals surface area contributed by atoms with Crippen LogP contribution in [0.3, 0.4) is 0 Å². The summed E-state index contributed by atoms with van der Waals surface area (Å²) in [5.41, 5.74) is 0.125. The fraction of sp³-hybridized carbons (Fsp3) is 0.500. The van der Waals surface area contributed by atoms with E-state index in [4.69, 9.17) is 0 Å². The summed E-state index contributed by atoms with van der Waals surface area (Å²) in [4.78, 5) is 13.9. The third-order valence-corrected chi connectivity index (χ3v) is 3.49. The summed E-state index contributed by atoms with van der Waals surface area (Å²) >= 11 is 0. The molecule has 1 aliphatic heterocycles. The molecule has 1 aromatic rings. The third kappa shape index (κ3) is 3.29. The molecular formula is C14H18F2N2O. The Hall–Kier alpha value is -1.49. The van der Waals surface area contributed by atoms with Crippen LogP contribution in [0.5, 0.6) is 0 Å². The van der Waals surface area contributed by atoms with Gasteiger partial charge >= 0.3 is 0 Å². The predicted molar refractivity (Wildman–Crippen MR) is 68.7 cm³/mol. The largest absolute Gasteiger partial charge is 0.338 e. The lowest BCUT2D eigenvalue weighted by Gasteiger charge is -2.24. The lowest BCUT2D eigenvalue weighted by Crippen LogP contribution is -2.41. The van der Waals surface area contributed by atoms with Gasteiger partial charge in [0, 0.05) is 24.7 Å². The Morgan fingerprint density at radius 1 is 1.47 bits per heavy atom. The molecule has 1 atom stereocenters. The third-order valence-electron chi connectivity index (χ3n) is 3.49. The van der Waals surface area contributed by atoms with Gasteiger partial charge in [0.15, 0.2) is 0 Å². The minimum absolute atomic E-state index is 0.0796. The molecule has 0 radical (unpaired) electrons. The molecule has 1 aromatic carbocycles. The van der Waals surface area contributed by atoms with Crippen molar-refractivity contribution < 1.29 is 13.6 Å². The highest BCUT2D eigenvalue weighted by Crippen LogP contribution is 2.19. The van der Waals surface area contributed by atoms with Crippen molar-refractivity contribution >= 4 is 5.91 Å². The molecule has 0 aromatic heterocycles. The van der Waals surface area contributed by atoms with Crippen LogP contribution >= 0.6 is 0 Å². The first-order chi connectivity index (χ1) is 9.11. The number of nitrogens with zero attached hydrogens (tertiary/aromatic N) is 1. The summed E-state index contributed by atoms with van der Waals surface area (Å²) < 4.78 is 26.6. The summed E-state index contributed by atoms with van der Waals surface area (Å²) in [5, 5.41) is 3.05. The molecule has 0 aliphatic carbocycles. The second kappa shape index (κ2) is 6.10. The highest BCUT2D eigenvalue weighted by atomic mass is 19.1. The number of carbonyl (C=O) groups excluding carboxylic acids is 1. The normalized spacial score (nSPS) is 18.9. The van der Waals surface area contributed by atoms with Crippen molar-refractivity contribution in [3.05, 3.63) is 35.4 Å². The van der Waals surface area contributed by atoms with Gasteiger partial charge in [0.05, 0.1) is 6.42 Å². The Kier molecular flexibility index (Phi) is 4.47. The van der Waals surface area contributed by atoms with E-state index in [1.807, 2.05) is 7.05 Å². The number of nitrogens with one attached hydrogen (secondary N) is 1. The number of likely N-dealkylation sites (N-methyl/N-ethyl adjacent to an activating group) is 1. The lowest BCUT2D eigenvalue weighted by atomic mass is 10.1. The fourth-order valence-electron chi connectivity index (χ4n) is 2.56. The van der Waals surface area contributed by atoms with Crippen molar-refractivity contribution in [1.82, 2.24) is 10.2 Å². The summed E-state index contributed by atoms with van der Waals surface area (Å²) in [5.74, 6) is -1.18. The van der Waals surface area contributed by atoms with Gasteiger partial charge in [0.1, 0.15) is 11.6 Å². The van der Waals surface area contributed by atoms with Gasteiger partial charge in [-0.15, -0.1) is 0 Å². The predicted octanol–water partition coefficient (Wildman–Crippen LogP) is 1.72. The van der Waals surface area contributed by atoms with Crippen molar-refractivity contribution in [2.24, 2.45) is 0 Å². The van der Waals surface area contributed by atoms with Gasteiger partial charge in [0.25, 0.3) is 0 Å². The fourth-order valence-corrected chi connectivity index (χ4v) is 2.56. The molecule has 0 unspecified atom stereocenters. The van der Waals surface area contributed by atoms with Crippen LogP contribution < -0.4 is 5.32 Å². The van der Waals surface area contributed by atoms with E-state index in [2.05, 4.69) is 5.32 Å². The molecule has 0 spiro atoms. The van der Waals surface area contributed by atoms with Crippen molar-refractivity contribution in [3.63, 3.8) is 0 Å². The standard InChI is InChI=1S/C14H18F2N2O/c1-17-9-12-3-2-6-18(12)14(19)8-10-7-11(15)4-5-13(10)16/h4-5,7,12,17H,2-3,6,8-9H2,1H3/t12-/m0/s1. The molecule has 0 bridgehead atoms. The van der Waals surface area contributed by atoms with Crippen LogP contribution in [0.25, 0.3) is 0 Å². The van der Waals surface area contributed by atoms with Gasteiger partial charge in [-0.3, -0.25) is 4.79 Å². The molecule has 1 saturated heterocycles. The Morgan fingerprint density at radius 2 is 2.26 bits per heavy atom. The zero-order valence-electron chi connectivity index (χ0n) is 11.0. The highest BCUT2D eigenvalue weighted by Gasteiger charge is 2.28. The second-order valence-corrected chi connectivity index (χ2v) is 4.85. The molecule has 1 amide bonds. The highest BCUT2D eigenvalue weighted by molar-refractivity contribution is 5.79. The maximum atomic E-state index is 13.5. The monoisotopic (exact) mass is 268 g/mol. The SMILES string of the molecule is CNC[C@@H]1CCCN1C(=O)Cc1cc(F)ccc1F. The zero-order valence-corrected chi connectivity index (χ0v) is 11.0. The van der Waals surface area contributed by atoms with E-state index in [0.29, 0.717) is 6.54 Å². The maximum Gasteiger partial charge on any atom is 0.227 e. The smallest absolute Gasteiger partial charge is 0.227 e. The van der Waals surface area contributed by atoms with Crippen LogP contribution in [0.15, 0.2) is 18.2 Å². The number of carbonyl (C=O) groups is 1. The van der Waals surface area contributed by atoms with E-state index in [9.17, 15) is 13.6 Å². The number of halogens is 2. The first-order valence-corrected chi connectivity index (χ1v) is 6.50. The zero-order chi connectivity index (χ0) is 13.8. The molecule has 1 aliphatic rings. The van der Waals surface area contributed by atoms with Crippen LogP contribution in [-0.4, -0.2) is 37.0 Å².